The largest absolute Gasteiger partial charge is 0.392 e. The highest BCUT2D eigenvalue weighted by atomic mass is 16.3. The summed E-state index contributed by atoms with van der Waals surface area (Å²) in [6, 6.07) is 1.40. The Morgan fingerprint density at radius 1 is 1.25 bits per heavy atom. The molecule has 1 atom stereocenters. The molecule has 1 unspecified atom stereocenters. The summed E-state index contributed by atoms with van der Waals surface area (Å²) in [4.78, 5) is 2.34. The van der Waals surface area contributed by atoms with Crippen LogP contribution in [-0.2, 0) is 0 Å². The third-order valence-electron chi connectivity index (χ3n) is 3.78. The van der Waals surface area contributed by atoms with Crippen LogP contribution in [0.5, 0.6) is 0 Å². The number of nitrogens with one attached hydrogen (secondary N) is 1. The molecule has 0 aromatic heterocycles. The third-order valence-corrected chi connectivity index (χ3v) is 3.78. The standard InChI is InChI=1S/C13H28N2O/c1-4-13(16)10-15(3)12-8-6-11(7-9-12)14-5-2/h11-14,16H,4-10H2,1-3H3. The van der Waals surface area contributed by atoms with Crippen LogP contribution in [0.3, 0.4) is 0 Å². The topological polar surface area (TPSA) is 35.5 Å². The number of aliphatic hydroxyl groups is 1. The molecule has 0 amide bonds. The molecule has 2 N–H and O–H groups in total. The van der Waals surface area contributed by atoms with E-state index >= 15 is 0 Å². The number of rotatable bonds is 6. The van der Waals surface area contributed by atoms with Gasteiger partial charge in [0.05, 0.1) is 6.10 Å². The van der Waals surface area contributed by atoms with Crippen molar-refractivity contribution in [2.45, 2.75) is 64.1 Å². The molecule has 1 rings (SSSR count). The summed E-state index contributed by atoms with van der Waals surface area (Å²) in [5.74, 6) is 0. The molecule has 0 bridgehead atoms. The maximum absolute atomic E-state index is 9.64. The van der Waals surface area contributed by atoms with Crippen LogP contribution in [0.4, 0.5) is 0 Å². The highest BCUT2D eigenvalue weighted by Gasteiger charge is 2.24. The van der Waals surface area contributed by atoms with E-state index in [2.05, 4.69) is 24.2 Å². The van der Waals surface area contributed by atoms with Gasteiger partial charge in [-0.05, 0) is 45.7 Å². The van der Waals surface area contributed by atoms with Crippen LogP contribution in [0.25, 0.3) is 0 Å². The molecule has 0 aromatic rings. The molecule has 1 fully saturated rings. The first kappa shape index (κ1) is 13.9. The van der Waals surface area contributed by atoms with Gasteiger partial charge >= 0.3 is 0 Å². The number of hydrogen-bond acceptors (Lipinski definition) is 3. The van der Waals surface area contributed by atoms with Crippen LogP contribution in [0.2, 0.25) is 0 Å². The van der Waals surface area contributed by atoms with Crippen molar-refractivity contribution in [3.05, 3.63) is 0 Å². The van der Waals surface area contributed by atoms with Crippen molar-refractivity contribution in [3.63, 3.8) is 0 Å². The van der Waals surface area contributed by atoms with E-state index in [0.29, 0.717) is 6.04 Å². The third kappa shape index (κ3) is 4.40. The van der Waals surface area contributed by atoms with Crippen molar-refractivity contribution >= 4 is 0 Å². The highest BCUT2D eigenvalue weighted by molar-refractivity contribution is 4.82. The molecule has 0 aliphatic heterocycles. The van der Waals surface area contributed by atoms with Gasteiger partial charge in [-0.3, -0.25) is 0 Å². The Hall–Kier alpha value is -0.120. The summed E-state index contributed by atoms with van der Waals surface area (Å²) >= 11 is 0. The van der Waals surface area contributed by atoms with Crippen molar-refractivity contribution in [3.8, 4) is 0 Å². The van der Waals surface area contributed by atoms with Gasteiger partial charge in [0, 0.05) is 18.6 Å². The van der Waals surface area contributed by atoms with Crippen LogP contribution in [-0.4, -0.2) is 48.3 Å². The minimum atomic E-state index is -0.156. The van der Waals surface area contributed by atoms with Crippen molar-refractivity contribution in [2.75, 3.05) is 20.1 Å². The number of hydrogen-bond donors (Lipinski definition) is 2. The van der Waals surface area contributed by atoms with Crippen LogP contribution >= 0.6 is 0 Å². The molecule has 1 aliphatic carbocycles. The van der Waals surface area contributed by atoms with E-state index in [4.69, 9.17) is 0 Å². The van der Waals surface area contributed by atoms with Gasteiger partial charge in [0.2, 0.25) is 0 Å². The predicted octanol–water partition coefficient (Wildman–Crippen LogP) is 1.61. The first-order valence-electron chi connectivity index (χ1n) is 6.79. The van der Waals surface area contributed by atoms with Gasteiger partial charge < -0.3 is 15.3 Å². The smallest absolute Gasteiger partial charge is 0.0664 e. The zero-order chi connectivity index (χ0) is 12.0. The van der Waals surface area contributed by atoms with Crippen LogP contribution < -0.4 is 5.32 Å². The average molecular weight is 228 g/mol. The van der Waals surface area contributed by atoms with E-state index in [9.17, 15) is 5.11 Å². The van der Waals surface area contributed by atoms with Crippen molar-refractivity contribution in [1.82, 2.24) is 10.2 Å². The van der Waals surface area contributed by atoms with Crippen LogP contribution in [0.1, 0.15) is 46.0 Å². The maximum atomic E-state index is 9.64. The van der Waals surface area contributed by atoms with Crippen molar-refractivity contribution < 1.29 is 5.11 Å². The molecule has 0 saturated heterocycles. The first-order valence-corrected chi connectivity index (χ1v) is 6.79. The molecule has 0 radical (unpaired) electrons. The summed E-state index contributed by atoms with van der Waals surface area (Å²) in [5, 5.41) is 13.2. The Bertz CT molecular complexity index is 179. The minimum Gasteiger partial charge on any atom is -0.392 e. The van der Waals surface area contributed by atoms with Gasteiger partial charge in [0.25, 0.3) is 0 Å². The number of aliphatic hydroxyl groups excluding tert-OH is 1. The van der Waals surface area contributed by atoms with Gasteiger partial charge in [-0.1, -0.05) is 13.8 Å². The van der Waals surface area contributed by atoms with E-state index in [1.165, 1.54) is 25.7 Å². The summed E-state index contributed by atoms with van der Waals surface area (Å²) in [6.07, 6.45) is 5.80. The molecular formula is C13H28N2O. The van der Waals surface area contributed by atoms with E-state index in [1.54, 1.807) is 0 Å². The van der Waals surface area contributed by atoms with E-state index in [-0.39, 0.29) is 6.10 Å². The molecule has 1 aliphatic rings. The fraction of sp³-hybridized carbons (Fsp3) is 1.00. The molecule has 1 saturated carbocycles. The van der Waals surface area contributed by atoms with E-state index in [0.717, 1.165) is 25.6 Å². The maximum Gasteiger partial charge on any atom is 0.0664 e. The normalized spacial score (nSPS) is 28.3. The van der Waals surface area contributed by atoms with Gasteiger partial charge in [-0.25, -0.2) is 0 Å². The molecule has 0 heterocycles. The second-order valence-corrected chi connectivity index (χ2v) is 5.06. The Labute approximate surface area is 100 Å². The summed E-state index contributed by atoms with van der Waals surface area (Å²) in [7, 11) is 2.15. The lowest BCUT2D eigenvalue weighted by molar-refractivity contribution is 0.0852. The molecule has 96 valence electrons. The van der Waals surface area contributed by atoms with Gasteiger partial charge in [-0.2, -0.15) is 0 Å². The van der Waals surface area contributed by atoms with Gasteiger partial charge in [-0.15, -0.1) is 0 Å². The van der Waals surface area contributed by atoms with E-state index in [1.807, 2.05) is 6.92 Å². The zero-order valence-corrected chi connectivity index (χ0v) is 11.1. The molecular weight excluding hydrogens is 200 g/mol. The fourth-order valence-electron chi connectivity index (χ4n) is 2.62. The summed E-state index contributed by atoms with van der Waals surface area (Å²) in [5.41, 5.74) is 0. The Morgan fingerprint density at radius 3 is 2.38 bits per heavy atom. The number of likely N-dealkylation sites (N-methyl/N-ethyl adjacent to an activating group) is 1. The molecule has 3 heteroatoms. The lowest BCUT2D eigenvalue weighted by atomic mass is 9.90. The lowest BCUT2D eigenvalue weighted by Crippen LogP contribution is -2.43. The second-order valence-electron chi connectivity index (χ2n) is 5.06. The summed E-state index contributed by atoms with van der Waals surface area (Å²) in [6.45, 7) is 6.13. The first-order chi connectivity index (χ1) is 7.67. The minimum absolute atomic E-state index is 0.156. The molecule has 16 heavy (non-hydrogen) atoms. The quantitative estimate of drug-likeness (QED) is 0.725. The SMILES string of the molecule is CCNC1CCC(N(C)CC(O)CC)CC1. The monoisotopic (exact) mass is 228 g/mol. The number of nitrogens with zero attached hydrogens (tertiary/aromatic N) is 1. The van der Waals surface area contributed by atoms with Crippen molar-refractivity contribution in [1.29, 1.82) is 0 Å². The Kier molecular flexibility index (Phi) is 6.32. The van der Waals surface area contributed by atoms with Crippen LogP contribution in [0.15, 0.2) is 0 Å². The lowest BCUT2D eigenvalue weighted by Gasteiger charge is -2.35. The Balaban J connectivity index is 2.24. The molecule has 0 spiro atoms. The second kappa shape index (κ2) is 7.25. The fourth-order valence-corrected chi connectivity index (χ4v) is 2.62. The van der Waals surface area contributed by atoms with Crippen LogP contribution in [0, 0.1) is 0 Å². The van der Waals surface area contributed by atoms with Crippen molar-refractivity contribution in [2.24, 2.45) is 0 Å². The Morgan fingerprint density at radius 2 is 1.88 bits per heavy atom. The highest BCUT2D eigenvalue weighted by Crippen LogP contribution is 2.22. The van der Waals surface area contributed by atoms with Gasteiger partial charge in [0.15, 0.2) is 0 Å². The predicted molar refractivity (Wildman–Crippen MR) is 68.6 cm³/mol. The average Bonchev–Trinajstić information content (AvgIpc) is 2.30. The van der Waals surface area contributed by atoms with E-state index < -0.39 is 0 Å². The molecule has 0 aromatic carbocycles. The zero-order valence-electron chi connectivity index (χ0n) is 11.1. The summed E-state index contributed by atoms with van der Waals surface area (Å²) < 4.78 is 0. The van der Waals surface area contributed by atoms with Gasteiger partial charge in [0.1, 0.15) is 0 Å². The molecule has 3 nitrogen and oxygen atoms in total.